The third-order valence-electron chi connectivity index (χ3n) is 2.99. The molecule has 0 unspecified atom stereocenters. The molecule has 3 rings (SSSR count). The predicted octanol–water partition coefficient (Wildman–Crippen LogP) is 1.81. The first-order valence-corrected chi connectivity index (χ1v) is 5.47. The summed E-state index contributed by atoms with van der Waals surface area (Å²) in [4.78, 5) is 4.63. The van der Waals surface area contributed by atoms with E-state index in [1.807, 2.05) is 24.0 Å². The standard InChI is InChI=1S/C13H13N3/c1-16-12(7-9-15-16)13-11-5-3-2-4-10(11)6-8-14-13/h2-5,7,9H,6,8H2,1H3. The van der Waals surface area contributed by atoms with Gasteiger partial charge in [-0.05, 0) is 18.1 Å². The molecule has 1 aromatic heterocycles. The molecule has 0 fully saturated rings. The molecule has 1 aliphatic heterocycles. The Morgan fingerprint density at radius 3 is 2.88 bits per heavy atom. The first kappa shape index (κ1) is 9.33. The molecule has 2 heterocycles. The summed E-state index contributed by atoms with van der Waals surface area (Å²) in [5.74, 6) is 0. The van der Waals surface area contributed by atoms with Gasteiger partial charge in [-0.25, -0.2) is 0 Å². The summed E-state index contributed by atoms with van der Waals surface area (Å²) >= 11 is 0. The van der Waals surface area contributed by atoms with Crippen molar-refractivity contribution in [2.45, 2.75) is 6.42 Å². The van der Waals surface area contributed by atoms with E-state index in [4.69, 9.17) is 0 Å². The van der Waals surface area contributed by atoms with Crippen molar-refractivity contribution in [2.24, 2.45) is 12.0 Å². The molecule has 3 nitrogen and oxygen atoms in total. The van der Waals surface area contributed by atoms with E-state index in [-0.39, 0.29) is 0 Å². The lowest BCUT2D eigenvalue weighted by atomic mass is 9.96. The Hall–Kier alpha value is -1.90. The summed E-state index contributed by atoms with van der Waals surface area (Å²) in [6, 6.07) is 10.5. The maximum Gasteiger partial charge on any atom is 0.0902 e. The van der Waals surface area contributed by atoms with Gasteiger partial charge in [0.15, 0.2) is 0 Å². The molecule has 0 amide bonds. The van der Waals surface area contributed by atoms with Crippen molar-refractivity contribution < 1.29 is 0 Å². The Balaban J connectivity index is 2.16. The Labute approximate surface area is 94.4 Å². The number of rotatable bonds is 1. The lowest BCUT2D eigenvalue weighted by Gasteiger charge is -2.16. The first-order valence-electron chi connectivity index (χ1n) is 5.47. The molecule has 16 heavy (non-hydrogen) atoms. The van der Waals surface area contributed by atoms with Gasteiger partial charge in [0.25, 0.3) is 0 Å². The van der Waals surface area contributed by atoms with Gasteiger partial charge in [0.05, 0.1) is 11.4 Å². The number of hydrogen-bond acceptors (Lipinski definition) is 2. The van der Waals surface area contributed by atoms with Crippen LogP contribution in [0.1, 0.15) is 16.8 Å². The van der Waals surface area contributed by atoms with Crippen molar-refractivity contribution in [1.82, 2.24) is 9.78 Å². The molecule has 0 bridgehead atoms. The van der Waals surface area contributed by atoms with Gasteiger partial charge in [0.1, 0.15) is 0 Å². The van der Waals surface area contributed by atoms with Crippen molar-refractivity contribution in [3.63, 3.8) is 0 Å². The van der Waals surface area contributed by atoms with Crippen molar-refractivity contribution in [3.8, 4) is 0 Å². The number of aromatic nitrogens is 2. The van der Waals surface area contributed by atoms with Gasteiger partial charge in [0.2, 0.25) is 0 Å². The van der Waals surface area contributed by atoms with Crippen LogP contribution in [-0.4, -0.2) is 22.0 Å². The number of aryl methyl sites for hydroxylation is 1. The summed E-state index contributed by atoms with van der Waals surface area (Å²) in [6.45, 7) is 0.873. The van der Waals surface area contributed by atoms with E-state index in [1.165, 1.54) is 11.1 Å². The Bertz CT molecular complexity index is 552. The van der Waals surface area contributed by atoms with Gasteiger partial charge in [0, 0.05) is 25.4 Å². The molecule has 0 spiro atoms. The van der Waals surface area contributed by atoms with Crippen LogP contribution >= 0.6 is 0 Å². The second-order valence-electron chi connectivity index (χ2n) is 3.98. The molecular formula is C13H13N3. The van der Waals surface area contributed by atoms with E-state index < -0.39 is 0 Å². The van der Waals surface area contributed by atoms with E-state index in [2.05, 4.69) is 34.4 Å². The summed E-state index contributed by atoms with van der Waals surface area (Å²) < 4.78 is 1.88. The SMILES string of the molecule is Cn1nccc1C1=NCCc2ccccc21. The maximum absolute atomic E-state index is 4.63. The van der Waals surface area contributed by atoms with Crippen LogP contribution in [0.25, 0.3) is 0 Å². The number of benzene rings is 1. The highest BCUT2D eigenvalue weighted by molar-refractivity contribution is 6.13. The highest BCUT2D eigenvalue weighted by atomic mass is 15.3. The fraction of sp³-hybridized carbons (Fsp3) is 0.231. The lowest BCUT2D eigenvalue weighted by molar-refractivity contribution is 0.757. The van der Waals surface area contributed by atoms with Crippen LogP contribution in [0.3, 0.4) is 0 Å². The Morgan fingerprint density at radius 2 is 2.06 bits per heavy atom. The maximum atomic E-state index is 4.63. The summed E-state index contributed by atoms with van der Waals surface area (Å²) in [5.41, 5.74) is 4.79. The largest absolute Gasteiger partial charge is 0.282 e. The minimum atomic E-state index is 0.873. The van der Waals surface area contributed by atoms with Crippen molar-refractivity contribution >= 4 is 5.71 Å². The fourth-order valence-corrected chi connectivity index (χ4v) is 2.17. The molecule has 0 atom stereocenters. The average Bonchev–Trinajstić information content (AvgIpc) is 2.75. The number of nitrogens with zero attached hydrogens (tertiary/aromatic N) is 3. The van der Waals surface area contributed by atoms with Crippen molar-refractivity contribution in [2.75, 3.05) is 6.54 Å². The first-order chi connectivity index (χ1) is 7.86. The molecule has 0 radical (unpaired) electrons. The van der Waals surface area contributed by atoms with E-state index in [1.54, 1.807) is 0 Å². The van der Waals surface area contributed by atoms with Gasteiger partial charge in [-0.2, -0.15) is 5.10 Å². The van der Waals surface area contributed by atoms with Crippen molar-refractivity contribution in [3.05, 3.63) is 53.3 Å². The second-order valence-corrected chi connectivity index (χ2v) is 3.98. The molecule has 0 saturated heterocycles. The molecular weight excluding hydrogens is 198 g/mol. The molecule has 1 aliphatic rings. The molecule has 0 saturated carbocycles. The predicted molar refractivity (Wildman–Crippen MR) is 63.9 cm³/mol. The fourth-order valence-electron chi connectivity index (χ4n) is 2.17. The number of hydrogen-bond donors (Lipinski definition) is 0. The van der Waals surface area contributed by atoms with Crippen LogP contribution in [0.4, 0.5) is 0 Å². The molecule has 2 aromatic rings. The third kappa shape index (κ3) is 1.36. The van der Waals surface area contributed by atoms with E-state index >= 15 is 0 Å². The molecule has 0 aliphatic carbocycles. The van der Waals surface area contributed by atoms with Crippen LogP contribution in [0, 0.1) is 0 Å². The average molecular weight is 211 g/mol. The highest BCUT2D eigenvalue weighted by Gasteiger charge is 2.16. The van der Waals surface area contributed by atoms with Gasteiger partial charge in [-0.3, -0.25) is 9.67 Å². The zero-order valence-corrected chi connectivity index (χ0v) is 9.22. The van der Waals surface area contributed by atoms with Crippen molar-refractivity contribution in [1.29, 1.82) is 0 Å². The number of aliphatic imine (C=N–C) groups is 1. The van der Waals surface area contributed by atoms with Gasteiger partial charge in [-0.1, -0.05) is 24.3 Å². The van der Waals surface area contributed by atoms with E-state index in [9.17, 15) is 0 Å². The quantitative estimate of drug-likeness (QED) is 0.707. The van der Waals surface area contributed by atoms with Gasteiger partial charge < -0.3 is 0 Å². The normalized spacial score (nSPS) is 14.4. The van der Waals surface area contributed by atoms with Gasteiger partial charge >= 0.3 is 0 Å². The zero-order chi connectivity index (χ0) is 11.0. The van der Waals surface area contributed by atoms with Gasteiger partial charge in [-0.15, -0.1) is 0 Å². The Kier molecular flexibility index (Phi) is 2.10. The highest BCUT2D eigenvalue weighted by Crippen LogP contribution is 2.19. The Morgan fingerprint density at radius 1 is 1.19 bits per heavy atom. The van der Waals surface area contributed by atoms with Crippen LogP contribution in [0.15, 0.2) is 41.5 Å². The second kappa shape index (κ2) is 3.59. The van der Waals surface area contributed by atoms with Crippen LogP contribution < -0.4 is 0 Å². The zero-order valence-electron chi connectivity index (χ0n) is 9.22. The van der Waals surface area contributed by atoms with E-state index in [0.717, 1.165) is 24.4 Å². The lowest BCUT2D eigenvalue weighted by Crippen LogP contribution is -2.17. The minimum Gasteiger partial charge on any atom is -0.282 e. The summed E-state index contributed by atoms with van der Waals surface area (Å²) in [5, 5.41) is 4.20. The molecule has 80 valence electrons. The minimum absolute atomic E-state index is 0.873. The van der Waals surface area contributed by atoms with Crippen LogP contribution in [0.5, 0.6) is 0 Å². The monoisotopic (exact) mass is 211 g/mol. The number of fused-ring (bicyclic) bond motifs is 1. The molecule has 3 heteroatoms. The van der Waals surface area contributed by atoms with E-state index in [0.29, 0.717) is 0 Å². The topological polar surface area (TPSA) is 30.2 Å². The van der Waals surface area contributed by atoms with Crippen LogP contribution in [-0.2, 0) is 13.5 Å². The smallest absolute Gasteiger partial charge is 0.0902 e. The summed E-state index contributed by atoms with van der Waals surface area (Å²) in [7, 11) is 1.95. The van der Waals surface area contributed by atoms with Crippen LogP contribution in [0.2, 0.25) is 0 Å². The molecule has 0 N–H and O–H groups in total. The molecule has 1 aromatic carbocycles. The third-order valence-corrected chi connectivity index (χ3v) is 2.99. The summed E-state index contributed by atoms with van der Waals surface area (Å²) in [6.07, 6.45) is 2.85.